The second-order valence-electron chi connectivity index (χ2n) is 1.82. The van der Waals surface area contributed by atoms with Crippen molar-refractivity contribution in [1.82, 2.24) is 0 Å². The van der Waals surface area contributed by atoms with E-state index in [-0.39, 0.29) is 5.75 Å². The van der Waals surface area contributed by atoms with Crippen LogP contribution < -0.4 is 10.7 Å². The van der Waals surface area contributed by atoms with Crippen LogP contribution in [0.15, 0.2) is 12.1 Å². The minimum atomic E-state index is 0.234. The van der Waals surface area contributed by atoms with Crippen molar-refractivity contribution in [2.75, 3.05) is 0 Å². The molecule has 5 heteroatoms. The van der Waals surface area contributed by atoms with Gasteiger partial charge >= 0.3 is 0 Å². The van der Waals surface area contributed by atoms with Crippen LogP contribution in [-0.4, -0.2) is 0 Å². The Hall–Kier alpha value is -0.150. The molecule has 2 nitrogen and oxygen atoms in total. The highest BCUT2D eigenvalue weighted by Gasteiger charge is 2.07. The maximum Gasteiger partial charge on any atom is 0.184 e. The first-order valence-corrected chi connectivity index (χ1v) is 3.80. The van der Waals surface area contributed by atoms with E-state index in [1.807, 2.05) is 0 Å². The topological polar surface area (TPSA) is 35.2 Å². The molecule has 1 aromatic carbocycles. The summed E-state index contributed by atoms with van der Waals surface area (Å²) in [7, 11) is 0. The monoisotopic (exact) mass is 211 g/mol. The second kappa shape index (κ2) is 3.50. The summed E-state index contributed by atoms with van der Waals surface area (Å²) in [5.41, 5.74) is 0. The minimum absolute atomic E-state index is 0.234. The summed E-state index contributed by atoms with van der Waals surface area (Å²) >= 11 is 16.9. The van der Waals surface area contributed by atoms with Gasteiger partial charge in [-0.1, -0.05) is 34.8 Å². The van der Waals surface area contributed by atoms with Crippen molar-refractivity contribution in [1.29, 1.82) is 0 Å². The molecule has 0 heterocycles. The number of hydrogen-bond donors (Lipinski definition) is 1. The molecule has 0 bridgehead atoms. The molecule has 0 aliphatic heterocycles. The van der Waals surface area contributed by atoms with Gasteiger partial charge in [-0.3, -0.25) is 0 Å². The smallest absolute Gasteiger partial charge is 0.184 e. The van der Waals surface area contributed by atoms with Crippen LogP contribution in [0.5, 0.6) is 5.75 Å². The fourth-order valence-electron chi connectivity index (χ4n) is 0.642. The molecule has 0 aromatic heterocycles. The molecule has 0 aliphatic carbocycles. The van der Waals surface area contributed by atoms with Gasteiger partial charge in [0.05, 0.1) is 10.0 Å². The van der Waals surface area contributed by atoms with E-state index in [2.05, 4.69) is 4.84 Å². The van der Waals surface area contributed by atoms with Gasteiger partial charge in [0.25, 0.3) is 0 Å². The van der Waals surface area contributed by atoms with Gasteiger partial charge in [0, 0.05) is 5.02 Å². The van der Waals surface area contributed by atoms with Crippen molar-refractivity contribution >= 4 is 34.8 Å². The predicted octanol–water partition coefficient (Wildman–Crippen LogP) is 2.90. The van der Waals surface area contributed by atoms with Gasteiger partial charge in [-0.25, -0.2) is 0 Å². The van der Waals surface area contributed by atoms with Gasteiger partial charge < -0.3 is 4.84 Å². The number of benzene rings is 1. The number of rotatable bonds is 1. The SMILES string of the molecule is NOc1c(Cl)cc(Cl)cc1Cl. The average Bonchev–Trinajstić information content (AvgIpc) is 1.85. The van der Waals surface area contributed by atoms with Crippen molar-refractivity contribution in [2.45, 2.75) is 0 Å². The normalized spacial score (nSPS) is 9.82. The molecule has 11 heavy (non-hydrogen) atoms. The van der Waals surface area contributed by atoms with Gasteiger partial charge in [-0.2, -0.15) is 5.90 Å². The highest BCUT2D eigenvalue weighted by atomic mass is 35.5. The molecular weight excluding hydrogens is 208 g/mol. The van der Waals surface area contributed by atoms with Crippen molar-refractivity contribution in [2.24, 2.45) is 5.90 Å². The fourth-order valence-corrected chi connectivity index (χ4v) is 1.55. The van der Waals surface area contributed by atoms with Crippen LogP contribution in [-0.2, 0) is 0 Å². The first kappa shape index (κ1) is 8.94. The molecule has 0 amide bonds. The molecule has 0 unspecified atom stereocenters. The molecule has 60 valence electrons. The summed E-state index contributed by atoms with van der Waals surface area (Å²) in [6.45, 7) is 0. The van der Waals surface area contributed by atoms with Crippen LogP contribution in [0.2, 0.25) is 15.1 Å². The van der Waals surface area contributed by atoms with Gasteiger partial charge in [-0.15, -0.1) is 0 Å². The molecule has 0 aliphatic rings. The summed E-state index contributed by atoms with van der Waals surface area (Å²) in [4.78, 5) is 4.41. The minimum Gasteiger partial charge on any atom is -0.408 e. The Balaban J connectivity index is 3.25. The van der Waals surface area contributed by atoms with E-state index >= 15 is 0 Å². The lowest BCUT2D eigenvalue weighted by molar-refractivity contribution is 0.335. The first-order chi connectivity index (χ1) is 5.15. The third-order valence-electron chi connectivity index (χ3n) is 1.08. The van der Waals surface area contributed by atoms with Crippen LogP contribution in [0, 0.1) is 0 Å². The van der Waals surface area contributed by atoms with Gasteiger partial charge in [0.2, 0.25) is 0 Å². The van der Waals surface area contributed by atoms with E-state index in [4.69, 9.17) is 40.7 Å². The molecule has 0 radical (unpaired) electrons. The van der Waals surface area contributed by atoms with Gasteiger partial charge in [0.1, 0.15) is 0 Å². The Morgan fingerprint density at radius 2 is 1.55 bits per heavy atom. The van der Waals surface area contributed by atoms with Gasteiger partial charge in [0.15, 0.2) is 5.75 Å². The summed E-state index contributed by atoms with van der Waals surface area (Å²) in [6.07, 6.45) is 0. The molecule has 0 spiro atoms. The van der Waals surface area contributed by atoms with E-state index in [0.717, 1.165) is 0 Å². The average molecular weight is 212 g/mol. The molecule has 1 rings (SSSR count). The number of nitrogens with two attached hydrogens (primary N) is 1. The highest BCUT2D eigenvalue weighted by molar-refractivity contribution is 6.40. The Morgan fingerprint density at radius 1 is 1.09 bits per heavy atom. The third kappa shape index (κ3) is 1.91. The number of halogens is 3. The van der Waals surface area contributed by atoms with Crippen LogP contribution in [0.1, 0.15) is 0 Å². The second-order valence-corrected chi connectivity index (χ2v) is 3.07. The molecule has 1 aromatic rings. The first-order valence-electron chi connectivity index (χ1n) is 2.66. The highest BCUT2D eigenvalue weighted by Crippen LogP contribution is 2.34. The zero-order valence-electron chi connectivity index (χ0n) is 5.27. The zero-order chi connectivity index (χ0) is 8.43. The van der Waals surface area contributed by atoms with E-state index < -0.39 is 0 Å². The maximum atomic E-state index is 5.66. The van der Waals surface area contributed by atoms with E-state index in [0.29, 0.717) is 15.1 Å². The summed E-state index contributed by atoms with van der Waals surface area (Å²) in [6, 6.07) is 2.99. The Morgan fingerprint density at radius 3 is 1.91 bits per heavy atom. The van der Waals surface area contributed by atoms with Crippen LogP contribution in [0.25, 0.3) is 0 Å². The van der Waals surface area contributed by atoms with Crippen LogP contribution in [0.4, 0.5) is 0 Å². The van der Waals surface area contributed by atoms with Crippen molar-refractivity contribution in [3.63, 3.8) is 0 Å². The Kier molecular flexibility index (Phi) is 2.84. The largest absolute Gasteiger partial charge is 0.408 e. The predicted molar refractivity (Wildman–Crippen MR) is 46.3 cm³/mol. The Bertz CT molecular complexity index is 254. The molecule has 0 saturated heterocycles. The third-order valence-corrected chi connectivity index (χ3v) is 1.86. The summed E-state index contributed by atoms with van der Waals surface area (Å²) < 4.78 is 0. The van der Waals surface area contributed by atoms with Crippen LogP contribution in [0.3, 0.4) is 0 Å². The maximum absolute atomic E-state index is 5.66. The molecule has 0 atom stereocenters. The van der Waals surface area contributed by atoms with E-state index in [1.165, 1.54) is 12.1 Å². The lowest BCUT2D eigenvalue weighted by Gasteiger charge is -2.03. The van der Waals surface area contributed by atoms with Gasteiger partial charge in [-0.05, 0) is 12.1 Å². The quantitative estimate of drug-likeness (QED) is 0.727. The lowest BCUT2D eigenvalue weighted by atomic mass is 10.3. The van der Waals surface area contributed by atoms with E-state index in [9.17, 15) is 0 Å². The van der Waals surface area contributed by atoms with Crippen molar-refractivity contribution in [3.05, 3.63) is 27.2 Å². The van der Waals surface area contributed by atoms with Crippen molar-refractivity contribution < 1.29 is 4.84 Å². The van der Waals surface area contributed by atoms with Crippen molar-refractivity contribution in [3.8, 4) is 5.75 Å². The standard InChI is InChI=1S/C6H4Cl3NO/c7-3-1-4(8)6(11-10)5(9)2-3/h1-2H,10H2. The Labute approximate surface area is 78.7 Å². The molecule has 2 N–H and O–H groups in total. The number of hydrogen-bond acceptors (Lipinski definition) is 2. The summed E-state index contributed by atoms with van der Waals surface area (Å²) in [5, 5.41) is 1.04. The van der Waals surface area contributed by atoms with E-state index in [1.54, 1.807) is 0 Å². The lowest BCUT2D eigenvalue weighted by Crippen LogP contribution is -2.02. The van der Waals surface area contributed by atoms with Crippen LogP contribution >= 0.6 is 34.8 Å². The summed E-state index contributed by atoms with van der Waals surface area (Å²) in [5.74, 6) is 5.12. The zero-order valence-corrected chi connectivity index (χ0v) is 7.54. The fraction of sp³-hybridized carbons (Fsp3) is 0. The molecular formula is C6H4Cl3NO. The molecule has 0 saturated carbocycles. The molecule has 0 fully saturated rings.